The summed E-state index contributed by atoms with van der Waals surface area (Å²) in [6.07, 6.45) is 6.29. The molecule has 4 rings (SSSR count). The molecule has 0 aromatic carbocycles. The lowest BCUT2D eigenvalue weighted by Gasteiger charge is -2.25. The van der Waals surface area contributed by atoms with Crippen LogP contribution in [0.5, 0.6) is 0 Å². The summed E-state index contributed by atoms with van der Waals surface area (Å²) in [7, 11) is 0. The Kier molecular flexibility index (Phi) is 5.72. The molecule has 0 bridgehead atoms. The molecule has 8 nitrogen and oxygen atoms in total. The van der Waals surface area contributed by atoms with Gasteiger partial charge < -0.3 is 14.6 Å². The van der Waals surface area contributed by atoms with Crippen LogP contribution in [0, 0.1) is 0 Å². The minimum atomic E-state index is 0.596. The van der Waals surface area contributed by atoms with Crippen molar-refractivity contribution in [3.63, 3.8) is 0 Å². The van der Waals surface area contributed by atoms with Crippen molar-refractivity contribution >= 4 is 5.96 Å². The summed E-state index contributed by atoms with van der Waals surface area (Å²) in [4.78, 5) is 14.4. The summed E-state index contributed by atoms with van der Waals surface area (Å²) in [5.74, 6) is 3.13. The fourth-order valence-corrected chi connectivity index (χ4v) is 3.96. The van der Waals surface area contributed by atoms with Crippen molar-refractivity contribution in [3.8, 4) is 11.6 Å². The summed E-state index contributed by atoms with van der Waals surface area (Å²) in [6, 6.07) is 4.38. The van der Waals surface area contributed by atoms with Crippen molar-refractivity contribution in [2.75, 3.05) is 39.3 Å². The van der Waals surface area contributed by atoms with Gasteiger partial charge >= 0.3 is 0 Å². The van der Waals surface area contributed by atoms with E-state index in [-0.39, 0.29) is 0 Å². The van der Waals surface area contributed by atoms with E-state index in [9.17, 15) is 0 Å². The Morgan fingerprint density at radius 1 is 1.37 bits per heavy atom. The van der Waals surface area contributed by atoms with Gasteiger partial charge in [0.1, 0.15) is 5.82 Å². The molecule has 146 valence electrons. The van der Waals surface area contributed by atoms with Gasteiger partial charge in [0.15, 0.2) is 11.7 Å². The maximum atomic E-state index is 5.33. The van der Waals surface area contributed by atoms with Crippen LogP contribution >= 0.6 is 0 Å². The van der Waals surface area contributed by atoms with Crippen LogP contribution in [0.4, 0.5) is 0 Å². The third-order valence-electron chi connectivity index (χ3n) is 5.34. The number of nitrogens with one attached hydrogen (secondary N) is 2. The smallest absolute Gasteiger partial charge is 0.216 e. The lowest BCUT2D eigenvalue weighted by atomic mass is 10.2. The van der Waals surface area contributed by atoms with E-state index in [4.69, 9.17) is 9.41 Å². The van der Waals surface area contributed by atoms with E-state index in [1.54, 1.807) is 6.26 Å². The molecule has 0 amide bonds. The Morgan fingerprint density at radius 2 is 2.26 bits per heavy atom. The SMILES string of the molecule is CCNC(=NCCc1nc(-c2ccco2)n[nH]1)N1CCC(N2CCCC2)C1. The van der Waals surface area contributed by atoms with E-state index in [2.05, 4.69) is 37.2 Å². The van der Waals surface area contributed by atoms with Crippen LogP contribution in [0.3, 0.4) is 0 Å². The number of guanidine groups is 1. The molecular weight excluding hydrogens is 342 g/mol. The summed E-state index contributed by atoms with van der Waals surface area (Å²) in [5, 5.41) is 10.6. The van der Waals surface area contributed by atoms with E-state index in [1.165, 1.54) is 32.4 Å². The number of aromatic amines is 1. The van der Waals surface area contributed by atoms with Gasteiger partial charge in [-0.2, -0.15) is 5.10 Å². The van der Waals surface area contributed by atoms with Gasteiger partial charge in [-0.15, -0.1) is 0 Å². The summed E-state index contributed by atoms with van der Waals surface area (Å²) in [6.45, 7) is 8.37. The molecule has 0 aliphatic carbocycles. The minimum absolute atomic E-state index is 0.596. The number of hydrogen-bond acceptors (Lipinski definition) is 5. The number of H-pyrrole nitrogens is 1. The Bertz CT molecular complexity index is 733. The van der Waals surface area contributed by atoms with Gasteiger partial charge in [-0.1, -0.05) is 0 Å². The average Bonchev–Trinajstić information content (AvgIpc) is 3.49. The van der Waals surface area contributed by atoms with Crippen molar-refractivity contribution in [3.05, 3.63) is 24.2 Å². The van der Waals surface area contributed by atoms with Crippen LogP contribution in [-0.4, -0.2) is 76.3 Å². The maximum Gasteiger partial charge on any atom is 0.216 e. The Hall–Kier alpha value is -2.35. The standard InChI is InChI=1S/C19H29N7O/c1-2-20-19(26-12-8-15(14-26)25-10-3-4-11-25)21-9-7-17-22-18(24-23-17)16-6-5-13-27-16/h5-6,13,15H,2-4,7-12,14H2,1H3,(H,20,21)(H,22,23,24). The third-order valence-corrected chi connectivity index (χ3v) is 5.34. The number of furan rings is 1. The highest BCUT2D eigenvalue weighted by molar-refractivity contribution is 5.80. The van der Waals surface area contributed by atoms with E-state index in [0.717, 1.165) is 37.8 Å². The zero-order chi connectivity index (χ0) is 18.5. The van der Waals surface area contributed by atoms with Gasteiger partial charge in [-0.3, -0.25) is 15.0 Å². The number of likely N-dealkylation sites (tertiary alicyclic amines) is 2. The fourth-order valence-electron chi connectivity index (χ4n) is 3.96. The number of nitrogens with zero attached hydrogens (tertiary/aromatic N) is 5. The van der Waals surface area contributed by atoms with E-state index in [1.807, 2.05) is 12.1 Å². The highest BCUT2D eigenvalue weighted by Crippen LogP contribution is 2.20. The van der Waals surface area contributed by atoms with Crippen molar-refractivity contribution < 1.29 is 4.42 Å². The molecule has 4 heterocycles. The Labute approximate surface area is 160 Å². The molecular formula is C19H29N7O. The third kappa shape index (κ3) is 4.32. The van der Waals surface area contributed by atoms with Crippen molar-refractivity contribution in [2.24, 2.45) is 4.99 Å². The zero-order valence-corrected chi connectivity index (χ0v) is 16.0. The number of aliphatic imine (C=N–C) groups is 1. The number of hydrogen-bond donors (Lipinski definition) is 2. The first-order valence-corrected chi connectivity index (χ1v) is 10.1. The van der Waals surface area contributed by atoms with Crippen LogP contribution in [0.25, 0.3) is 11.6 Å². The molecule has 27 heavy (non-hydrogen) atoms. The highest BCUT2D eigenvalue weighted by Gasteiger charge is 2.30. The van der Waals surface area contributed by atoms with Crippen LogP contribution in [0.15, 0.2) is 27.8 Å². The lowest BCUT2D eigenvalue weighted by molar-refractivity contribution is 0.249. The van der Waals surface area contributed by atoms with Gasteiger partial charge in [0.05, 0.1) is 6.26 Å². The first-order valence-electron chi connectivity index (χ1n) is 10.1. The molecule has 0 saturated carbocycles. The van der Waals surface area contributed by atoms with Gasteiger partial charge in [-0.25, -0.2) is 4.98 Å². The molecule has 2 saturated heterocycles. The Balaban J connectivity index is 1.33. The van der Waals surface area contributed by atoms with Crippen molar-refractivity contribution in [1.82, 2.24) is 30.3 Å². The predicted octanol–water partition coefficient (Wildman–Crippen LogP) is 1.74. The number of rotatable bonds is 6. The lowest BCUT2D eigenvalue weighted by Crippen LogP contribution is -2.42. The van der Waals surface area contributed by atoms with Crippen molar-refractivity contribution in [1.29, 1.82) is 0 Å². The monoisotopic (exact) mass is 371 g/mol. The van der Waals surface area contributed by atoms with Crippen LogP contribution in [0.1, 0.15) is 32.0 Å². The number of aromatic nitrogens is 3. The predicted molar refractivity (Wildman–Crippen MR) is 105 cm³/mol. The maximum absolute atomic E-state index is 5.33. The largest absolute Gasteiger partial charge is 0.461 e. The molecule has 2 aliphatic heterocycles. The van der Waals surface area contributed by atoms with E-state index in [0.29, 0.717) is 24.2 Å². The van der Waals surface area contributed by atoms with E-state index >= 15 is 0 Å². The molecule has 2 N–H and O–H groups in total. The summed E-state index contributed by atoms with van der Waals surface area (Å²) in [5.41, 5.74) is 0. The topological polar surface area (TPSA) is 85.6 Å². The molecule has 2 aromatic heterocycles. The molecule has 2 aromatic rings. The molecule has 0 radical (unpaired) electrons. The fraction of sp³-hybridized carbons (Fsp3) is 0.632. The molecule has 2 fully saturated rings. The second kappa shape index (κ2) is 8.56. The molecule has 0 spiro atoms. The summed E-state index contributed by atoms with van der Waals surface area (Å²) < 4.78 is 5.33. The first-order chi connectivity index (χ1) is 13.3. The minimum Gasteiger partial charge on any atom is -0.461 e. The normalized spacial score (nSPS) is 21.3. The van der Waals surface area contributed by atoms with Crippen LogP contribution < -0.4 is 5.32 Å². The van der Waals surface area contributed by atoms with Gasteiger partial charge in [0, 0.05) is 38.6 Å². The van der Waals surface area contributed by atoms with Crippen LogP contribution in [-0.2, 0) is 6.42 Å². The van der Waals surface area contributed by atoms with E-state index < -0.39 is 0 Å². The second-order valence-electron chi connectivity index (χ2n) is 7.20. The van der Waals surface area contributed by atoms with Gasteiger partial charge in [0.25, 0.3) is 0 Å². The molecule has 1 atom stereocenters. The molecule has 2 aliphatic rings. The van der Waals surface area contributed by atoms with Crippen LogP contribution in [0.2, 0.25) is 0 Å². The van der Waals surface area contributed by atoms with Gasteiger partial charge in [0.2, 0.25) is 5.82 Å². The zero-order valence-electron chi connectivity index (χ0n) is 16.0. The Morgan fingerprint density at radius 3 is 3.04 bits per heavy atom. The molecule has 8 heteroatoms. The van der Waals surface area contributed by atoms with Crippen molar-refractivity contribution in [2.45, 2.75) is 38.6 Å². The molecule has 1 unspecified atom stereocenters. The second-order valence-corrected chi connectivity index (χ2v) is 7.20. The summed E-state index contributed by atoms with van der Waals surface area (Å²) >= 11 is 0. The first kappa shape index (κ1) is 18.0. The highest BCUT2D eigenvalue weighted by atomic mass is 16.3. The van der Waals surface area contributed by atoms with Gasteiger partial charge in [-0.05, 0) is 51.4 Å². The average molecular weight is 371 g/mol. The quantitative estimate of drug-likeness (QED) is 0.594.